The quantitative estimate of drug-likeness (QED) is 0.815. The molecule has 1 aromatic rings. The maximum absolute atomic E-state index is 13.0. The van der Waals surface area contributed by atoms with Crippen molar-refractivity contribution in [2.45, 2.75) is 39.3 Å². The van der Waals surface area contributed by atoms with Gasteiger partial charge in [-0.2, -0.15) is 0 Å². The Bertz CT molecular complexity index is 450. The highest BCUT2D eigenvalue weighted by atomic mass is 19.1. The van der Waals surface area contributed by atoms with Gasteiger partial charge in [0.15, 0.2) is 0 Å². The van der Waals surface area contributed by atoms with E-state index in [1.165, 1.54) is 11.6 Å². The van der Waals surface area contributed by atoms with E-state index in [4.69, 9.17) is 4.74 Å². The van der Waals surface area contributed by atoms with Gasteiger partial charge in [0.05, 0.1) is 12.7 Å². The molecule has 1 saturated heterocycles. The summed E-state index contributed by atoms with van der Waals surface area (Å²) >= 11 is 0. The molecular formula is C17H27FN2O. The summed E-state index contributed by atoms with van der Waals surface area (Å²) in [6.07, 6.45) is 1.20. The number of hydrogen-bond acceptors (Lipinski definition) is 3. The molecule has 0 spiro atoms. The smallest absolute Gasteiger partial charge is 0.123 e. The van der Waals surface area contributed by atoms with Crippen LogP contribution in [0.1, 0.15) is 25.0 Å². The van der Waals surface area contributed by atoms with E-state index < -0.39 is 0 Å². The Morgan fingerprint density at radius 1 is 1.43 bits per heavy atom. The molecule has 0 amide bonds. The fourth-order valence-corrected chi connectivity index (χ4v) is 2.76. The van der Waals surface area contributed by atoms with Crippen LogP contribution in [0.4, 0.5) is 4.39 Å². The molecule has 21 heavy (non-hydrogen) atoms. The number of aryl methyl sites for hydroxylation is 1. The van der Waals surface area contributed by atoms with Gasteiger partial charge in [0.2, 0.25) is 0 Å². The minimum atomic E-state index is -0.159. The lowest BCUT2D eigenvalue weighted by atomic mass is 10.1. The fourth-order valence-electron chi connectivity index (χ4n) is 2.76. The standard InChI is InChI=1S/C17H27FN2O/c1-13(2)20-8-9-21-17(12-20)11-19-7-6-15-4-5-16(18)10-14(15)3/h4-5,10,13,17,19H,6-9,11-12H2,1-3H3. The lowest BCUT2D eigenvalue weighted by Gasteiger charge is -2.35. The molecule has 1 unspecified atom stereocenters. The average molecular weight is 294 g/mol. The first kappa shape index (κ1) is 16.4. The van der Waals surface area contributed by atoms with Crippen molar-refractivity contribution in [3.05, 3.63) is 35.1 Å². The molecule has 0 radical (unpaired) electrons. The summed E-state index contributed by atoms with van der Waals surface area (Å²) in [5, 5.41) is 3.46. The maximum Gasteiger partial charge on any atom is 0.123 e. The molecule has 1 N–H and O–H groups in total. The normalized spacial score (nSPS) is 20.1. The van der Waals surface area contributed by atoms with Crippen LogP contribution in [0, 0.1) is 12.7 Å². The van der Waals surface area contributed by atoms with Crippen LogP contribution in [0.15, 0.2) is 18.2 Å². The van der Waals surface area contributed by atoms with Crippen LogP contribution < -0.4 is 5.32 Å². The Morgan fingerprint density at radius 2 is 2.24 bits per heavy atom. The summed E-state index contributed by atoms with van der Waals surface area (Å²) < 4.78 is 18.8. The second-order valence-electron chi connectivity index (χ2n) is 6.11. The molecule has 0 bridgehead atoms. The second-order valence-corrected chi connectivity index (χ2v) is 6.11. The molecular weight excluding hydrogens is 267 g/mol. The molecule has 0 aromatic heterocycles. The minimum Gasteiger partial charge on any atom is -0.374 e. The molecule has 0 aliphatic carbocycles. The first-order valence-electron chi connectivity index (χ1n) is 7.87. The second kappa shape index (κ2) is 7.87. The molecule has 1 fully saturated rings. The number of hydrogen-bond donors (Lipinski definition) is 1. The molecule has 1 aliphatic heterocycles. The number of halogens is 1. The highest BCUT2D eigenvalue weighted by Crippen LogP contribution is 2.11. The van der Waals surface area contributed by atoms with E-state index in [0.717, 1.165) is 44.8 Å². The van der Waals surface area contributed by atoms with Gasteiger partial charge in [-0.25, -0.2) is 4.39 Å². The molecule has 1 aromatic carbocycles. The topological polar surface area (TPSA) is 24.5 Å². The average Bonchev–Trinajstić information content (AvgIpc) is 2.45. The number of rotatable bonds is 6. The largest absolute Gasteiger partial charge is 0.374 e. The van der Waals surface area contributed by atoms with E-state index in [9.17, 15) is 4.39 Å². The van der Waals surface area contributed by atoms with E-state index in [1.54, 1.807) is 6.07 Å². The van der Waals surface area contributed by atoms with Gasteiger partial charge in [-0.05, 0) is 57.0 Å². The van der Waals surface area contributed by atoms with E-state index in [-0.39, 0.29) is 11.9 Å². The van der Waals surface area contributed by atoms with Crippen LogP contribution >= 0.6 is 0 Å². The van der Waals surface area contributed by atoms with Crippen molar-refractivity contribution in [2.24, 2.45) is 0 Å². The predicted octanol–water partition coefficient (Wildman–Crippen LogP) is 2.38. The monoisotopic (exact) mass is 294 g/mol. The third-order valence-electron chi connectivity index (χ3n) is 4.15. The molecule has 1 aliphatic rings. The minimum absolute atomic E-state index is 0.159. The van der Waals surface area contributed by atoms with Crippen LogP contribution in [0.2, 0.25) is 0 Å². The van der Waals surface area contributed by atoms with Gasteiger partial charge in [-0.1, -0.05) is 6.07 Å². The fraction of sp³-hybridized carbons (Fsp3) is 0.647. The Kier molecular flexibility index (Phi) is 6.15. The van der Waals surface area contributed by atoms with Crippen molar-refractivity contribution in [1.29, 1.82) is 0 Å². The van der Waals surface area contributed by atoms with Crippen molar-refractivity contribution in [3.63, 3.8) is 0 Å². The molecule has 118 valence electrons. The Hall–Kier alpha value is -0.970. The van der Waals surface area contributed by atoms with Crippen molar-refractivity contribution in [1.82, 2.24) is 10.2 Å². The highest BCUT2D eigenvalue weighted by Gasteiger charge is 2.21. The van der Waals surface area contributed by atoms with E-state index in [1.807, 2.05) is 13.0 Å². The molecule has 1 atom stereocenters. The van der Waals surface area contributed by atoms with Gasteiger partial charge in [0, 0.05) is 25.7 Å². The summed E-state index contributed by atoms with van der Waals surface area (Å²) in [6, 6.07) is 5.59. The predicted molar refractivity (Wildman–Crippen MR) is 84.2 cm³/mol. The van der Waals surface area contributed by atoms with Gasteiger partial charge in [-0.3, -0.25) is 4.90 Å². The molecule has 4 heteroatoms. The number of ether oxygens (including phenoxy) is 1. The van der Waals surface area contributed by atoms with Crippen LogP contribution in [0.25, 0.3) is 0 Å². The summed E-state index contributed by atoms with van der Waals surface area (Å²) in [5.74, 6) is -0.159. The van der Waals surface area contributed by atoms with Gasteiger partial charge in [-0.15, -0.1) is 0 Å². The lowest BCUT2D eigenvalue weighted by Crippen LogP contribution is -2.49. The van der Waals surface area contributed by atoms with Gasteiger partial charge in [0.1, 0.15) is 5.82 Å². The molecule has 2 rings (SSSR count). The zero-order valence-corrected chi connectivity index (χ0v) is 13.4. The Labute approximate surface area is 127 Å². The van der Waals surface area contributed by atoms with E-state index >= 15 is 0 Å². The zero-order valence-electron chi connectivity index (χ0n) is 13.4. The third kappa shape index (κ3) is 5.06. The van der Waals surface area contributed by atoms with Crippen LogP contribution in [-0.2, 0) is 11.2 Å². The Morgan fingerprint density at radius 3 is 2.95 bits per heavy atom. The van der Waals surface area contributed by atoms with Gasteiger partial charge < -0.3 is 10.1 Å². The van der Waals surface area contributed by atoms with Crippen LogP contribution in [0.3, 0.4) is 0 Å². The summed E-state index contributed by atoms with van der Waals surface area (Å²) in [6.45, 7) is 11.0. The third-order valence-corrected chi connectivity index (χ3v) is 4.15. The lowest BCUT2D eigenvalue weighted by molar-refractivity contribution is -0.0370. The van der Waals surface area contributed by atoms with E-state index in [0.29, 0.717) is 6.04 Å². The van der Waals surface area contributed by atoms with Gasteiger partial charge in [0.25, 0.3) is 0 Å². The maximum atomic E-state index is 13.0. The van der Waals surface area contributed by atoms with Crippen molar-refractivity contribution < 1.29 is 9.13 Å². The van der Waals surface area contributed by atoms with Crippen molar-refractivity contribution in [2.75, 3.05) is 32.8 Å². The van der Waals surface area contributed by atoms with Gasteiger partial charge >= 0.3 is 0 Å². The molecule has 1 heterocycles. The highest BCUT2D eigenvalue weighted by molar-refractivity contribution is 5.26. The Balaban J connectivity index is 1.69. The van der Waals surface area contributed by atoms with E-state index in [2.05, 4.69) is 24.1 Å². The number of nitrogens with one attached hydrogen (secondary N) is 1. The SMILES string of the molecule is Cc1cc(F)ccc1CCNCC1CN(C(C)C)CCO1. The first-order valence-corrected chi connectivity index (χ1v) is 7.87. The summed E-state index contributed by atoms with van der Waals surface area (Å²) in [7, 11) is 0. The molecule has 3 nitrogen and oxygen atoms in total. The van der Waals surface area contributed by atoms with Crippen LogP contribution in [-0.4, -0.2) is 49.8 Å². The van der Waals surface area contributed by atoms with Crippen molar-refractivity contribution in [3.8, 4) is 0 Å². The molecule has 0 saturated carbocycles. The number of benzene rings is 1. The summed E-state index contributed by atoms with van der Waals surface area (Å²) in [5.41, 5.74) is 2.23. The van der Waals surface area contributed by atoms with Crippen LogP contribution in [0.5, 0.6) is 0 Å². The number of morpholine rings is 1. The summed E-state index contributed by atoms with van der Waals surface area (Å²) in [4.78, 5) is 2.46. The number of nitrogens with zero attached hydrogens (tertiary/aromatic N) is 1. The zero-order chi connectivity index (χ0) is 15.2. The first-order chi connectivity index (χ1) is 10.1. The van der Waals surface area contributed by atoms with Crippen molar-refractivity contribution >= 4 is 0 Å².